The Kier molecular flexibility index (Phi) is 5.58. The van der Waals surface area contributed by atoms with Gasteiger partial charge in [0, 0.05) is 35.6 Å². The minimum absolute atomic E-state index is 0.104. The quantitative estimate of drug-likeness (QED) is 0.595. The van der Waals surface area contributed by atoms with E-state index in [1.54, 1.807) is 13.4 Å². The van der Waals surface area contributed by atoms with Crippen LogP contribution >= 0.6 is 0 Å². The molecule has 3 aromatic rings. The number of carbonyl (C=O) groups is 1. The molecule has 2 atom stereocenters. The lowest BCUT2D eigenvalue weighted by atomic mass is 9.82. The molecule has 1 amide bonds. The topological polar surface area (TPSA) is 60.7 Å². The molecule has 1 saturated carbocycles. The molecular weight excluding hydrogens is 390 g/mol. The van der Waals surface area contributed by atoms with Crippen molar-refractivity contribution >= 4 is 16.7 Å². The molecule has 1 aliphatic carbocycles. The van der Waals surface area contributed by atoms with Gasteiger partial charge in [0.05, 0.1) is 19.5 Å². The van der Waals surface area contributed by atoms with Gasteiger partial charge >= 0.3 is 0 Å². The van der Waals surface area contributed by atoms with E-state index in [4.69, 9.17) is 13.9 Å². The summed E-state index contributed by atoms with van der Waals surface area (Å²) in [6, 6.07) is 14.3. The fourth-order valence-corrected chi connectivity index (χ4v) is 4.99. The SMILES string of the molecule is COc1ccc([C@H]2CNC(=O)[C@H](Cc3occ4ccccc34)C2)cc1OC1CCCC1. The smallest absolute Gasteiger partial charge is 0.223 e. The highest BCUT2D eigenvalue weighted by atomic mass is 16.5. The highest BCUT2D eigenvalue weighted by Gasteiger charge is 2.31. The molecule has 0 unspecified atom stereocenters. The molecule has 0 bridgehead atoms. The molecule has 162 valence electrons. The van der Waals surface area contributed by atoms with Crippen LogP contribution in [0.15, 0.2) is 53.1 Å². The van der Waals surface area contributed by atoms with Crippen LogP contribution in [0.1, 0.15) is 49.3 Å². The van der Waals surface area contributed by atoms with Gasteiger partial charge < -0.3 is 19.2 Å². The largest absolute Gasteiger partial charge is 0.493 e. The number of furan rings is 1. The Morgan fingerprint density at radius 2 is 1.94 bits per heavy atom. The van der Waals surface area contributed by atoms with Crippen LogP contribution in [0.5, 0.6) is 11.5 Å². The number of hydrogen-bond acceptors (Lipinski definition) is 4. The van der Waals surface area contributed by atoms with Gasteiger partial charge in [-0.3, -0.25) is 4.79 Å². The zero-order chi connectivity index (χ0) is 21.2. The number of amides is 1. The van der Waals surface area contributed by atoms with E-state index in [1.165, 1.54) is 18.4 Å². The van der Waals surface area contributed by atoms with Crippen LogP contribution in [0.3, 0.4) is 0 Å². The summed E-state index contributed by atoms with van der Waals surface area (Å²) in [7, 11) is 1.68. The number of fused-ring (bicyclic) bond motifs is 1. The van der Waals surface area contributed by atoms with Gasteiger partial charge in [-0.25, -0.2) is 0 Å². The van der Waals surface area contributed by atoms with Crippen molar-refractivity contribution in [2.24, 2.45) is 5.92 Å². The molecule has 2 heterocycles. The highest BCUT2D eigenvalue weighted by Crippen LogP contribution is 2.37. The molecule has 1 N–H and O–H groups in total. The molecule has 2 aromatic carbocycles. The van der Waals surface area contributed by atoms with Gasteiger partial charge in [0.2, 0.25) is 5.91 Å². The molecule has 0 radical (unpaired) electrons. The van der Waals surface area contributed by atoms with Crippen molar-refractivity contribution < 1.29 is 18.7 Å². The summed E-state index contributed by atoms with van der Waals surface area (Å²) < 4.78 is 17.6. The number of piperidine rings is 1. The van der Waals surface area contributed by atoms with Crippen LogP contribution in [0.4, 0.5) is 0 Å². The fourth-order valence-electron chi connectivity index (χ4n) is 4.99. The third-order valence-corrected chi connectivity index (χ3v) is 6.74. The second-order valence-corrected chi connectivity index (χ2v) is 8.76. The van der Waals surface area contributed by atoms with E-state index in [0.717, 1.165) is 47.3 Å². The number of hydrogen-bond donors (Lipinski definition) is 1. The standard InChI is InChI=1S/C26H29NO4/c1-29-23-11-10-17(13-25(23)31-21-7-3-4-8-21)20-12-19(26(28)27-15-20)14-24-22-9-5-2-6-18(22)16-30-24/h2,5-6,9-11,13,16,19-21H,3-4,7-8,12,14-15H2,1H3,(H,27,28)/t19-,20+/m0/s1. The number of methoxy groups -OCH3 is 1. The fraction of sp³-hybridized carbons (Fsp3) is 0.423. The first-order valence-corrected chi connectivity index (χ1v) is 11.3. The molecule has 2 fully saturated rings. The summed E-state index contributed by atoms with van der Waals surface area (Å²) in [6.45, 7) is 0.642. The molecule has 0 spiro atoms. The van der Waals surface area contributed by atoms with Crippen molar-refractivity contribution in [1.29, 1.82) is 0 Å². The number of rotatable bonds is 6. The van der Waals surface area contributed by atoms with E-state index in [2.05, 4.69) is 23.5 Å². The summed E-state index contributed by atoms with van der Waals surface area (Å²) in [4.78, 5) is 12.6. The highest BCUT2D eigenvalue weighted by molar-refractivity contribution is 5.85. The zero-order valence-corrected chi connectivity index (χ0v) is 17.9. The third-order valence-electron chi connectivity index (χ3n) is 6.74. The van der Waals surface area contributed by atoms with E-state index in [1.807, 2.05) is 24.3 Å². The molecular formula is C26H29NO4. The van der Waals surface area contributed by atoms with E-state index >= 15 is 0 Å². The minimum Gasteiger partial charge on any atom is -0.493 e. The van der Waals surface area contributed by atoms with E-state index in [9.17, 15) is 4.79 Å². The van der Waals surface area contributed by atoms with Crippen LogP contribution in [0.25, 0.3) is 10.8 Å². The minimum atomic E-state index is -0.116. The Morgan fingerprint density at radius 1 is 1.10 bits per heavy atom. The van der Waals surface area contributed by atoms with Gasteiger partial charge in [-0.2, -0.15) is 0 Å². The lowest BCUT2D eigenvalue weighted by Gasteiger charge is -2.29. The third kappa shape index (κ3) is 4.14. The van der Waals surface area contributed by atoms with Gasteiger partial charge in [0.25, 0.3) is 0 Å². The Balaban J connectivity index is 1.35. The van der Waals surface area contributed by atoms with Gasteiger partial charge in [-0.05, 0) is 49.8 Å². The Morgan fingerprint density at radius 3 is 2.77 bits per heavy atom. The predicted octanol–water partition coefficient (Wildman–Crippen LogP) is 5.23. The predicted molar refractivity (Wildman–Crippen MR) is 120 cm³/mol. The van der Waals surface area contributed by atoms with Gasteiger partial charge in [0.15, 0.2) is 11.5 Å². The summed E-state index contributed by atoms with van der Waals surface area (Å²) in [5.41, 5.74) is 1.18. The van der Waals surface area contributed by atoms with Crippen LogP contribution in [0, 0.1) is 5.92 Å². The molecule has 1 aromatic heterocycles. The molecule has 5 heteroatoms. The van der Waals surface area contributed by atoms with Crippen molar-refractivity contribution in [3.63, 3.8) is 0 Å². The van der Waals surface area contributed by atoms with Crippen LogP contribution in [-0.2, 0) is 11.2 Å². The maximum absolute atomic E-state index is 12.6. The molecule has 2 aliphatic rings. The van der Waals surface area contributed by atoms with E-state index < -0.39 is 0 Å². The normalized spacial score (nSPS) is 21.9. The lowest BCUT2D eigenvalue weighted by molar-refractivity contribution is -0.127. The van der Waals surface area contributed by atoms with Crippen LogP contribution in [-0.4, -0.2) is 25.7 Å². The second-order valence-electron chi connectivity index (χ2n) is 8.76. The molecule has 31 heavy (non-hydrogen) atoms. The van der Waals surface area contributed by atoms with Crippen molar-refractivity contribution in [2.75, 3.05) is 13.7 Å². The maximum Gasteiger partial charge on any atom is 0.223 e. The molecule has 5 rings (SSSR count). The number of ether oxygens (including phenoxy) is 2. The van der Waals surface area contributed by atoms with E-state index in [0.29, 0.717) is 13.0 Å². The number of nitrogens with one attached hydrogen (secondary N) is 1. The van der Waals surface area contributed by atoms with Crippen molar-refractivity contribution in [1.82, 2.24) is 5.32 Å². The lowest BCUT2D eigenvalue weighted by Crippen LogP contribution is -2.41. The summed E-state index contributed by atoms with van der Waals surface area (Å²) in [6.07, 6.45) is 8.11. The molecule has 1 aliphatic heterocycles. The Bertz CT molecular complexity index is 1070. The monoisotopic (exact) mass is 419 g/mol. The van der Waals surface area contributed by atoms with Crippen molar-refractivity contribution in [3.8, 4) is 11.5 Å². The Hall–Kier alpha value is -2.95. The first-order chi connectivity index (χ1) is 15.2. The van der Waals surface area contributed by atoms with Gasteiger partial charge in [-0.15, -0.1) is 0 Å². The first kappa shape index (κ1) is 20.0. The zero-order valence-electron chi connectivity index (χ0n) is 17.9. The maximum atomic E-state index is 12.6. The second kappa shape index (κ2) is 8.66. The summed E-state index contributed by atoms with van der Waals surface area (Å²) in [5, 5.41) is 5.28. The van der Waals surface area contributed by atoms with Crippen molar-refractivity contribution in [2.45, 2.75) is 50.5 Å². The Labute approximate surface area is 182 Å². The average Bonchev–Trinajstić information content (AvgIpc) is 3.45. The van der Waals surface area contributed by atoms with Gasteiger partial charge in [0.1, 0.15) is 5.76 Å². The van der Waals surface area contributed by atoms with E-state index in [-0.39, 0.29) is 23.8 Å². The number of benzene rings is 2. The molecule has 1 saturated heterocycles. The summed E-state index contributed by atoms with van der Waals surface area (Å²) in [5.74, 6) is 2.70. The first-order valence-electron chi connectivity index (χ1n) is 11.3. The summed E-state index contributed by atoms with van der Waals surface area (Å²) >= 11 is 0. The van der Waals surface area contributed by atoms with Crippen molar-refractivity contribution in [3.05, 3.63) is 60.1 Å². The van der Waals surface area contributed by atoms with Gasteiger partial charge in [-0.1, -0.05) is 30.3 Å². The van der Waals surface area contributed by atoms with Crippen LogP contribution in [0.2, 0.25) is 0 Å². The molecule has 5 nitrogen and oxygen atoms in total. The van der Waals surface area contributed by atoms with Crippen LogP contribution < -0.4 is 14.8 Å². The average molecular weight is 420 g/mol. The number of carbonyl (C=O) groups excluding carboxylic acids is 1.